The van der Waals surface area contributed by atoms with Crippen LogP contribution >= 0.6 is 15.9 Å². The molecule has 0 fully saturated rings. The molecule has 0 heterocycles. The van der Waals surface area contributed by atoms with Gasteiger partial charge in [0, 0.05) is 30.3 Å². The molecule has 2 N–H and O–H groups in total. The molecular weight excluding hydrogens is 319 g/mol. The van der Waals surface area contributed by atoms with Crippen LogP contribution in [0, 0.1) is 5.82 Å². The van der Waals surface area contributed by atoms with Gasteiger partial charge in [0.25, 0.3) is 0 Å². The topological polar surface area (TPSA) is 29.3 Å². The van der Waals surface area contributed by atoms with Gasteiger partial charge in [0.05, 0.1) is 0 Å². The predicted molar refractivity (Wildman–Crippen MR) is 85.5 cm³/mol. The molecule has 0 amide bonds. The number of anilines is 1. The molecule has 2 aromatic rings. The summed E-state index contributed by atoms with van der Waals surface area (Å²) < 4.78 is 13.8. The molecule has 0 aliphatic rings. The molecule has 0 aliphatic heterocycles. The Kier molecular flexibility index (Phi) is 4.78. The maximum Gasteiger partial charge on any atom is 0.124 e. The molecule has 106 valence electrons. The number of nitrogens with two attached hydrogens (primary N) is 1. The van der Waals surface area contributed by atoms with Gasteiger partial charge < -0.3 is 10.6 Å². The average Bonchev–Trinajstić information content (AvgIpc) is 2.42. The molecule has 2 aromatic carbocycles. The molecule has 0 radical (unpaired) electrons. The van der Waals surface area contributed by atoms with Crippen molar-refractivity contribution in [3.05, 3.63) is 63.9 Å². The Morgan fingerprint density at radius 2 is 1.80 bits per heavy atom. The van der Waals surface area contributed by atoms with Gasteiger partial charge in [-0.1, -0.05) is 34.1 Å². The quantitative estimate of drug-likeness (QED) is 0.917. The zero-order chi connectivity index (χ0) is 14.7. The summed E-state index contributed by atoms with van der Waals surface area (Å²) >= 11 is 3.38. The number of hydrogen-bond acceptors (Lipinski definition) is 2. The summed E-state index contributed by atoms with van der Waals surface area (Å²) in [7, 11) is 4.01. The van der Waals surface area contributed by atoms with Gasteiger partial charge in [-0.2, -0.15) is 0 Å². The minimum atomic E-state index is -0.246. The highest BCUT2D eigenvalue weighted by Gasteiger charge is 2.10. The van der Waals surface area contributed by atoms with E-state index in [2.05, 4.69) is 28.1 Å². The summed E-state index contributed by atoms with van der Waals surface area (Å²) in [6.07, 6.45) is 0.669. The van der Waals surface area contributed by atoms with Crippen molar-refractivity contribution in [3.8, 4) is 0 Å². The number of halogens is 2. The van der Waals surface area contributed by atoms with E-state index in [1.807, 2.05) is 31.1 Å². The Balaban J connectivity index is 2.13. The fourth-order valence-electron chi connectivity index (χ4n) is 2.06. The molecule has 0 aromatic heterocycles. The lowest BCUT2D eigenvalue weighted by molar-refractivity contribution is 0.624. The second-order valence-electron chi connectivity index (χ2n) is 5.03. The van der Waals surface area contributed by atoms with Crippen LogP contribution in [0.15, 0.2) is 46.9 Å². The first-order valence-electron chi connectivity index (χ1n) is 6.44. The Labute approximate surface area is 127 Å². The fourth-order valence-corrected chi connectivity index (χ4v) is 2.57. The molecule has 0 saturated heterocycles. The Morgan fingerprint density at radius 1 is 1.15 bits per heavy atom. The lowest BCUT2D eigenvalue weighted by Crippen LogP contribution is -2.14. The van der Waals surface area contributed by atoms with E-state index in [4.69, 9.17) is 5.73 Å². The first kappa shape index (κ1) is 15.0. The van der Waals surface area contributed by atoms with Crippen LogP contribution < -0.4 is 10.6 Å². The minimum absolute atomic E-state index is 0.104. The Hall–Kier alpha value is -1.39. The predicted octanol–water partition coefficient (Wildman–Crippen LogP) is 3.90. The van der Waals surface area contributed by atoms with Crippen molar-refractivity contribution in [1.82, 2.24) is 0 Å². The Morgan fingerprint density at radius 3 is 2.35 bits per heavy atom. The van der Waals surface area contributed by atoms with E-state index in [0.717, 1.165) is 21.3 Å². The lowest BCUT2D eigenvalue weighted by atomic mass is 9.99. The van der Waals surface area contributed by atoms with Crippen molar-refractivity contribution in [2.75, 3.05) is 19.0 Å². The fraction of sp³-hybridized carbons (Fsp3) is 0.250. The molecule has 1 unspecified atom stereocenters. The molecule has 2 rings (SSSR count). The molecule has 0 aliphatic carbocycles. The number of rotatable bonds is 4. The maximum absolute atomic E-state index is 13.1. The lowest BCUT2D eigenvalue weighted by Gasteiger charge is -2.16. The van der Waals surface area contributed by atoms with Gasteiger partial charge >= 0.3 is 0 Å². The summed E-state index contributed by atoms with van der Waals surface area (Å²) in [5.74, 6) is -0.246. The molecule has 0 spiro atoms. The van der Waals surface area contributed by atoms with Crippen LogP contribution in [0.2, 0.25) is 0 Å². The first-order chi connectivity index (χ1) is 9.47. The van der Waals surface area contributed by atoms with Crippen molar-refractivity contribution in [2.24, 2.45) is 5.73 Å². The Bertz CT molecular complexity index is 582. The van der Waals surface area contributed by atoms with Gasteiger partial charge in [-0.3, -0.25) is 0 Å². The van der Waals surface area contributed by atoms with Crippen LogP contribution in [-0.4, -0.2) is 14.1 Å². The molecule has 0 saturated carbocycles. The average molecular weight is 337 g/mol. The van der Waals surface area contributed by atoms with E-state index in [1.165, 1.54) is 12.1 Å². The van der Waals surface area contributed by atoms with E-state index in [0.29, 0.717) is 6.42 Å². The standard InChI is InChI=1S/C16H18BrFN2/c1-20(2)14-7-4-11(5-8-14)16(19)9-12-3-6-13(18)10-15(12)17/h3-8,10,16H,9,19H2,1-2H3. The highest BCUT2D eigenvalue weighted by atomic mass is 79.9. The monoisotopic (exact) mass is 336 g/mol. The minimum Gasteiger partial charge on any atom is -0.378 e. The van der Waals surface area contributed by atoms with Gasteiger partial charge in [-0.25, -0.2) is 4.39 Å². The third kappa shape index (κ3) is 3.58. The zero-order valence-corrected chi connectivity index (χ0v) is 13.2. The highest BCUT2D eigenvalue weighted by Crippen LogP contribution is 2.24. The normalized spacial score (nSPS) is 12.2. The van der Waals surface area contributed by atoms with E-state index in [1.54, 1.807) is 6.07 Å². The van der Waals surface area contributed by atoms with Gasteiger partial charge in [-0.15, -0.1) is 0 Å². The highest BCUT2D eigenvalue weighted by molar-refractivity contribution is 9.10. The van der Waals surface area contributed by atoms with Crippen LogP contribution in [0.4, 0.5) is 10.1 Å². The molecule has 4 heteroatoms. The third-order valence-corrected chi connectivity index (χ3v) is 4.03. The summed E-state index contributed by atoms with van der Waals surface area (Å²) in [4.78, 5) is 2.05. The van der Waals surface area contributed by atoms with Crippen molar-refractivity contribution in [2.45, 2.75) is 12.5 Å². The van der Waals surface area contributed by atoms with E-state index < -0.39 is 0 Å². The van der Waals surface area contributed by atoms with Gasteiger partial charge in [0.1, 0.15) is 5.82 Å². The summed E-state index contributed by atoms with van der Waals surface area (Å²) in [5.41, 5.74) is 9.46. The summed E-state index contributed by atoms with van der Waals surface area (Å²) in [6.45, 7) is 0. The summed E-state index contributed by atoms with van der Waals surface area (Å²) in [6, 6.07) is 12.8. The number of benzene rings is 2. The molecule has 20 heavy (non-hydrogen) atoms. The van der Waals surface area contributed by atoms with Crippen LogP contribution in [-0.2, 0) is 6.42 Å². The number of hydrogen-bond donors (Lipinski definition) is 1. The molecule has 1 atom stereocenters. The van der Waals surface area contributed by atoms with Gasteiger partial charge in [0.2, 0.25) is 0 Å². The maximum atomic E-state index is 13.1. The van der Waals surface area contributed by atoms with Crippen LogP contribution in [0.5, 0.6) is 0 Å². The SMILES string of the molecule is CN(C)c1ccc(C(N)Cc2ccc(F)cc2Br)cc1. The molecule has 2 nitrogen and oxygen atoms in total. The van der Waals surface area contributed by atoms with Crippen molar-refractivity contribution < 1.29 is 4.39 Å². The van der Waals surface area contributed by atoms with Crippen LogP contribution in [0.3, 0.4) is 0 Å². The zero-order valence-electron chi connectivity index (χ0n) is 11.6. The van der Waals surface area contributed by atoms with Crippen molar-refractivity contribution in [3.63, 3.8) is 0 Å². The van der Waals surface area contributed by atoms with Gasteiger partial charge in [-0.05, 0) is 41.8 Å². The van der Waals surface area contributed by atoms with Gasteiger partial charge in [0.15, 0.2) is 0 Å². The smallest absolute Gasteiger partial charge is 0.124 e. The van der Waals surface area contributed by atoms with Crippen molar-refractivity contribution >= 4 is 21.6 Å². The third-order valence-electron chi connectivity index (χ3n) is 3.29. The largest absolute Gasteiger partial charge is 0.378 e. The molecular formula is C16H18BrFN2. The second-order valence-corrected chi connectivity index (χ2v) is 5.89. The molecule has 0 bridgehead atoms. The second kappa shape index (κ2) is 6.37. The summed E-state index contributed by atoms with van der Waals surface area (Å²) in [5, 5.41) is 0. The number of nitrogens with zero attached hydrogens (tertiary/aromatic N) is 1. The van der Waals surface area contributed by atoms with E-state index in [-0.39, 0.29) is 11.9 Å². The van der Waals surface area contributed by atoms with Crippen molar-refractivity contribution in [1.29, 1.82) is 0 Å². The van der Waals surface area contributed by atoms with E-state index >= 15 is 0 Å². The first-order valence-corrected chi connectivity index (χ1v) is 7.23. The van der Waals surface area contributed by atoms with Crippen LogP contribution in [0.1, 0.15) is 17.2 Å². The van der Waals surface area contributed by atoms with Crippen LogP contribution in [0.25, 0.3) is 0 Å². The van der Waals surface area contributed by atoms with E-state index in [9.17, 15) is 4.39 Å².